The van der Waals surface area contributed by atoms with E-state index < -0.39 is 6.61 Å². The Morgan fingerprint density at radius 2 is 1.81 bits per heavy atom. The van der Waals surface area contributed by atoms with Gasteiger partial charge in [0.15, 0.2) is 5.69 Å². The van der Waals surface area contributed by atoms with Gasteiger partial charge in [0.1, 0.15) is 12.4 Å². The zero-order chi connectivity index (χ0) is 25.9. The van der Waals surface area contributed by atoms with E-state index in [1.807, 2.05) is 25.1 Å². The summed E-state index contributed by atoms with van der Waals surface area (Å²) >= 11 is 6.32. The first-order chi connectivity index (χ1) is 17.9. The molecule has 1 aromatic carbocycles. The summed E-state index contributed by atoms with van der Waals surface area (Å²) in [6.45, 7) is 4.27. The van der Waals surface area contributed by atoms with Crippen LogP contribution in [0.2, 0.25) is 5.02 Å². The normalized spacial score (nSPS) is 21.7. The van der Waals surface area contributed by atoms with Crippen LogP contribution in [0.5, 0.6) is 5.75 Å². The van der Waals surface area contributed by atoms with Crippen molar-refractivity contribution in [2.75, 3.05) is 32.8 Å². The Balaban J connectivity index is 1.15. The van der Waals surface area contributed by atoms with Gasteiger partial charge < -0.3 is 19.6 Å². The number of hydrogen-bond acceptors (Lipinski definition) is 5. The fourth-order valence-corrected chi connectivity index (χ4v) is 6.16. The molecule has 5 rings (SSSR count). The highest BCUT2D eigenvalue weighted by Crippen LogP contribution is 2.34. The summed E-state index contributed by atoms with van der Waals surface area (Å²) in [4.78, 5) is 28.5. The average molecular weight is 529 g/mol. The number of benzene rings is 1. The fourth-order valence-electron chi connectivity index (χ4n) is 6.00. The first kappa shape index (κ1) is 26.0. The summed E-state index contributed by atoms with van der Waals surface area (Å²) in [5.41, 5.74) is 4.09. The molecule has 1 saturated heterocycles. The number of amides is 2. The van der Waals surface area contributed by atoms with Gasteiger partial charge in [-0.2, -0.15) is 5.10 Å². The largest absolute Gasteiger partial charge is 0.489 e. The number of aromatic nitrogens is 2. The maximum atomic E-state index is 13.3. The Hall–Kier alpha value is -2.58. The number of rotatable bonds is 7. The molecule has 8 nitrogen and oxygen atoms in total. The van der Waals surface area contributed by atoms with E-state index in [4.69, 9.17) is 26.5 Å². The topological polar surface area (TPSA) is 87.9 Å². The van der Waals surface area contributed by atoms with Gasteiger partial charge in [-0.25, -0.2) is 0 Å². The smallest absolute Gasteiger partial charge is 0.274 e. The minimum atomic E-state index is -0.485. The van der Waals surface area contributed by atoms with Crippen LogP contribution in [0, 0.1) is 12.8 Å². The van der Waals surface area contributed by atoms with Crippen LogP contribution in [-0.4, -0.2) is 75.4 Å². The molecule has 2 fully saturated rings. The Morgan fingerprint density at radius 3 is 2.54 bits per heavy atom. The second-order valence-electron chi connectivity index (χ2n) is 10.7. The quantitative estimate of drug-likeness (QED) is 0.593. The maximum Gasteiger partial charge on any atom is 0.274 e. The van der Waals surface area contributed by atoms with Gasteiger partial charge >= 0.3 is 0 Å². The van der Waals surface area contributed by atoms with Crippen molar-refractivity contribution in [1.29, 1.82) is 0 Å². The lowest BCUT2D eigenvalue weighted by Crippen LogP contribution is -2.51. The van der Waals surface area contributed by atoms with Crippen LogP contribution in [0.15, 0.2) is 18.2 Å². The van der Waals surface area contributed by atoms with Crippen molar-refractivity contribution in [3.05, 3.63) is 45.7 Å². The lowest BCUT2D eigenvalue weighted by atomic mass is 9.85. The number of hydrogen-bond donors (Lipinski definition) is 1. The van der Waals surface area contributed by atoms with Gasteiger partial charge in [0.05, 0.1) is 11.1 Å². The van der Waals surface area contributed by atoms with Crippen LogP contribution in [0.25, 0.3) is 0 Å². The van der Waals surface area contributed by atoms with Crippen molar-refractivity contribution in [2.45, 2.75) is 70.9 Å². The minimum Gasteiger partial charge on any atom is -0.489 e. The van der Waals surface area contributed by atoms with Crippen molar-refractivity contribution in [1.82, 2.24) is 19.6 Å². The number of ether oxygens (including phenoxy) is 1. The van der Waals surface area contributed by atoms with E-state index >= 15 is 0 Å². The Morgan fingerprint density at radius 1 is 1.08 bits per heavy atom. The molecule has 0 radical (unpaired) electrons. The molecule has 0 spiro atoms. The molecule has 200 valence electrons. The number of aliphatic hydroxyl groups excluding tert-OH is 1. The highest BCUT2D eigenvalue weighted by atomic mass is 35.5. The molecule has 2 aromatic rings. The molecule has 2 heterocycles. The van der Waals surface area contributed by atoms with Crippen LogP contribution in [0.3, 0.4) is 0 Å². The average Bonchev–Trinajstić information content (AvgIpc) is 3.53. The standard InChI is InChI=1S/C28H37ClN4O4/c1-19-5-10-23(29)25(17-19)37-21-8-6-20(7-9-21)11-12-33-24-4-2-3-22(24)27(30-33)28(36)32-15-13-31(14-16-32)26(35)18-34/h5,10,17,20-21,34H,2-4,6-9,11-16,18H2,1H3/t20-,21-. The van der Waals surface area contributed by atoms with E-state index in [2.05, 4.69) is 4.68 Å². The van der Waals surface area contributed by atoms with Gasteiger partial charge in [0, 0.05) is 44.0 Å². The first-order valence-electron chi connectivity index (χ1n) is 13.6. The number of halogens is 1. The maximum absolute atomic E-state index is 13.3. The summed E-state index contributed by atoms with van der Waals surface area (Å²) < 4.78 is 8.32. The lowest BCUT2D eigenvalue weighted by molar-refractivity contribution is -0.135. The van der Waals surface area contributed by atoms with Gasteiger partial charge in [-0.3, -0.25) is 14.3 Å². The van der Waals surface area contributed by atoms with Gasteiger partial charge in [0.25, 0.3) is 5.91 Å². The van der Waals surface area contributed by atoms with E-state index in [9.17, 15) is 9.59 Å². The first-order valence-corrected chi connectivity index (χ1v) is 14.0. The van der Waals surface area contributed by atoms with Gasteiger partial charge in [0.2, 0.25) is 5.91 Å². The Labute approximate surface area is 223 Å². The van der Waals surface area contributed by atoms with E-state index in [-0.39, 0.29) is 17.9 Å². The molecule has 0 atom stereocenters. The Bertz CT molecular complexity index is 1130. The van der Waals surface area contributed by atoms with Crippen LogP contribution in [-0.2, 0) is 24.2 Å². The molecular formula is C28H37ClN4O4. The van der Waals surface area contributed by atoms with Crippen molar-refractivity contribution in [3.8, 4) is 5.75 Å². The number of carbonyl (C=O) groups excluding carboxylic acids is 2. The molecule has 1 N–H and O–H groups in total. The zero-order valence-corrected chi connectivity index (χ0v) is 22.4. The van der Waals surface area contributed by atoms with Crippen LogP contribution in [0.4, 0.5) is 0 Å². The summed E-state index contributed by atoms with van der Waals surface area (Å²) in [5.74, 6) is 1.11. The summed E-state index contributed by atoms with van der Waals surface area (Å²) in [6, 6.07) is 5.91. The number of aliphatic hydroxyl groups is 1. The third-order valence-corrected chi connectivity index (χ3v) is 8.50. The number of fused-ring (bicyclic) bond motifs is 1. The SMILES string of the molecule is Cc1ccc(Cl)c(O[C@H]2CC[C@H](CCn3nc(C(=O)N4CCN(C(=O)CO)CC4)c4c3CCC4)CC2)c1. The molecule has 1 aromatic heterocycles. The Kier molecular flexibility index (Phi) is 8.05. The summed E-state index contributed by atoms with van der Waals surface area (Å²) in [6.07, 6.45) is 8.52. The lowest BCUT2D eigenvalue weighted by Gasteiger charge is -2.34. The molecule has 1 aliphatic heterocycles. The molecule has 2 aliphatic carbocycles. The number of aryl methyl sites for hydroxylation is 2. The monoisotopic (exact) mass is 528 g/mol. The van der Waals surface area contributed by atoms with E-state index in [1.165, 1.54) is 5.69 Å². The zero-order valence-electron chi connectivity index (χ0n) is 21.6. The molecule has 37 heavy (non-hydrogen) atoms. The molecule has 1 saturated carbocycles. The molecule has 0 bridgehead atoms. The van der Waals surface area contributed by atoms with E-state index in [1.54, 1.807) is 9.80 Å². The van der Waals surface area contributed by atoms with Crippen molar-refractivity contribution in [3.63, 3.8) is 0 Å². The van der Waals surface area contributed by atoms with Crippen molar-refractivity contribution in [2.24, 2.45) is 5.92 Å². The third-order valence-electron chi connectivity index (χ3n) is 8.19. The number of nitrogens with zero attached hydrogens (tertiary/aromatic N) is 4. The molecule has 3 aliphatic rings. The third kappa shape index (κ3) is 5.80. The highest BCUT2D eigenvalue weighted by molar-refractivity contribution is 6.32. The molecule has 0 unspecified atom stereocenters. The predicted octanol–water partition coefficient (Wildman–Crippen LogP) is 3.64. The van der Waals surface area contributed by atoms with Crippen molar-refractivity contribution >= 4 is 23.4 Å². The summed E-state index contributed by atoms with van der Waals surface area (Å²) in [5, 5.41) is 14.6. The second kappa shape index (κ2) is 11.4. The van der Waals surface area contributed by atoms with Gasteiger partial charge in [-0.05, 0) is 81.9 Å². The van der Waals surface area contributed by atoms with Gasteiger partial charge in [-0.1, -0.05) is 17.7 Å². The van der Waals surface area contributed by atoms with Gasteiger partial charge in [-0.15, -0.1) is 0 Å². The minimum absolute atomic E-state index is 0.0273. The summed E-state index contributed by atoms with van der Waals surface area (Å²) in [7, 11) is 0. The van der Waals surface area contributed by atoms with Crippen molar-refractivity contribution < 1.29 is 19.4 Å². The molecular weight excluding hydrogens is 492 g/mol. The van der Waals surface area contributed by atoms with E-state index in [0.717, 1.165) is 74.8 Å². The highest BCUT2D eigenvalue weighted by Gasteiger charge is 2.32. The number of piperazine rings is 1. The number of carbonyl (C=O) groups is 2. The molecule has 2 amide bonds. The second-order valence-corrected chi connectivity index (χ2v) is 11.1. The predicted molar refractivity (Wildman–Crippen MR) is 141 cm³/mol. The molecule has 9 heteroatoms. The fraction of sp³-hybridized carbons (Fsp3) is 0.607. The van der Waals surface area contributed by atoms with E-state index in [0.29, 0.717) is 42.8 Å². The van der Waals surface area contributed by atoms with Crippen LogP contribution < -0.4 is 4.74 Å². The van der Waals surface area contributed by atoms with Crippen LogP contribution >= 0.6 is 11.6 Å². The van der Waals surface area contributed by atoms with Crippen LogP contribution in [0.1, 0.15) is 65.8 Å².